The molecule has 0 unspecified atom stereocenters. The van der Waals surface area contributed by atoms with Gasteiger partial charge in [0.2, 0.25) is 11.7 Å². The molecule has 9 heteroatoms. The van der Waals surface area contributed by atoms with E-state index in [4.69, 9.17) is 4.74 Å². The number of anilines is 2. The Morgan fingerprint density at radius 3 is 2.64 bits per heavy atom. The predicted octanol–water partition coefficient (Wildman–Crippen LogP) is 2.67. The first-order valence-corrected chi connectivity index (χ1v) is 8.37. The van der Waals surface area contributed by atoms with Crippen LogP contribution in [0.2, 0.25) is 0 Å². The number of para-hydroxylation sites is 2. The highest BCUT2D eigenvalue weighted by Crippen LogP contribution is 2.13. The average Bonchev–Trinajstić information content (AvgIpc) is 3.12. The molecular weight excluding hydrogens is 360 g/mol. The molecule has 0 radical (unpaired) electrons. The summed E-state index contributed by atoms with van der Waals surface area (Å²) in [5.41, 5.74) is 4.48. The Labute approximate surface area is 160 Å². The Hall–Kier alpha value is -4.19. The van der Waals surface area contributed by atoms with E-state index >= 15 is 0 Å². The lowest BCUT2D eigenvalue weighted by atomic mass is 10.2. The number of hydrogen-bond acceptors (Lipinski definition) is 7. The van der Waals surface area contributed by atoms with E-state index in [1.807, 2.05) is 24.3 Å². The van der Waals surface area contributed by atoms with Crippen LogP contribution < -0.4 is 10.7 Å². The number of imidazole rings is 1. The van der Waals surface area contributed by atoms with Crippen LogP contribution >= 0.6 is 0 Å². The molecule has 3 N–H and O–H groups in total. The van der Waals surface area contributed by atoms with Gasteiger partial charge in [0.1, 0.15) is 6.07 Å². The van der Waals surface area contributed by atoms with Crippen molar-refractivity contribution >= 4 is 40.3 Å². The molecule has 3 rings (SSSR count). The van der Waals surface area contributed by atoms with Crippen LogP contribution in [0.4, 0.5) is 11.6 Å². The molecule has 1 amide bonds. The number of nitrogens with one attached hydrogen (secondary N) is 3. The smallest absolute Gasteiger partial charge is 0.338 e. The quantitative estimate of drug-likeness (QED) is 0.344. The number of carbonyl (C=O) groups excluding carboxylic acids is 2. The molecule has 1 aromatic heterocycles. The van der Waals surface area contributed by atoms with Crippen molar-refractivity contribution < 1.29 is 14.3 Å². The van der Waals surface area contributed by atoms with Gasteiger partial charge in [0.05, 0.1) is 23.2 Å². The Kier molecular flexibility index (Phi) is 5.62. The Morgan fingerprint density at radius 1 is 1.21 bits per heavy atom. The predicted molar refractivity (Wildman–Crippen MR) is 104 cm³/mol. The summed E-state index contributed by atoms with van der Waals surface area (Å²) in [5, 5.41) is 15.5. The number of aromatic amines is 1. The lowest BCUT2D eigenvalue weighted by molar-refractivity contribution is -0.110. The maximum atomic E-state index is 12.2. The van der Waals surface area contributed by atoms with Gasteiger partial charge in [0, 0.05) is 5.69 Å². The fourth-order valence-corrected chi connectivity index (χ4v) is 2.34. The normalized spacial score (nSPS) is 10.9. The summed E-state index contributed by atoms with van der Waals surface area (Å²) in [5.74, 6) is -0.842. The summed E-state index contributed by atoms with van der Waals surface area (Å²) >= 11 is 0. The number of esters is 1. The Balaban J connectivity index is 1.66. The lowest BCUT2D eigenvalue weighted by Gasteiger charge is -2.05. The van der Waals surface area contributed by atoms with Crippen molar-refractivity contribution in [3.63, 3.8) is 0 Å². The van der Waals surface area contributed by atoms with Gasteiger partial charge in [-0.2, -0.15) is 10.4 Å². The van der Waals surface area contributed by atoms with Crippen molar-refractivity contribution in [3.8, 4) is 6.07 Å². The zero-order valence-corrected chi connectivity index (χ0v) is 14.9. The summed E-state index contributed by atoms with van der Waals surface area (Å²) < 4.78 is 4.89. The second-order valence-electron chi connectivity index (χ2n) is 5.54. The fourth-order valence-electron chi connectivity index (χ4n) is 2.34. The van der Waals surface area contributed by atoms with Gasteiger partial charge in [-0.1, -0.05) is 12.1 Å². The summed E-state index contributed by atoms with van der Waals surface area (Å²) in [6.07, 6.45) is 0. The average molecular weight is 376 g/mol. The lowest BCUT2D eigenvalue weighted by Crippen LogP contribution is -2.22. The number of rotatable bonds is 6. The summed E-state index contributed by atoms with van der Waals surface area (Å²) in [6, 6.07) is 15.2. The number of hydrazone groups is 1. The molecule has 28 heavy (non-hydrogen) atoms. The SMILES string of the molecule is CCOC(=O)c1ccc(NC(=O)C(C#N)=NNc2nc3ccccc3[nH]2)cc1. The molecule has 0 saturated carbocycles. The first kappa shape index (κ1) is 18.6. The number of fused-ring (bicyclic) bond motifs is 1. The largest absolute Gasteiger partial charge is 0.462 e. The highest BCUT2D eigenvalue weighted by atomic mass is 16.5. The zero-order valence-electron chi connectivity index (χ0n) is 14.9. The van der Waals surface area contributed by atoms with E-state index in [1.54, 1.807) is 13.0 Å². The number of benzene rings is 2. The molecule has 2 aromatic carbocycles. The van der Waals surface area contributed by atoms with Gasteiger partial charge in [0.25, 0.3) is 5.91 Å². The number of nitriles is 1. The van der Waals surface area contributed by atoms with E-state index in [0.717, 1.165) is 11.0 Å². The van der Waals surface area contributed by atoms with Gasteiger partial charge in [-0.25, -0.2) is 15.2 Å². The molecular formula is C19H16N6O3. The van der Waals surface area contributed by atoms with E-state index in [1.165, 1.54) is 24.3 Å². The molecule has 0 aliphatic heterocycles. The molecule has 0 atom stereocenters. The van der Waals surface area contributed by atoms with Crippen LogP contribution in [-0.4, -0.2) is 34.2 Å². The minimum atomic E-state index is -0.699. The van der Waals surface area contributed by atoms with Gasteiger partial charge in [-0.05, 0) is 43.3 Å². The molecule has 0 bridgehead atoms. The third-order valence-electron chi connectivity index (χ3n) is 3.64. The summed E-state index contributed by atoms with van der Waals surface area (Å²) in [7, 11) is 0. The van der Waals surface area contributed by atoms with E-state index < -0.39 is 11.9 Å². The van der Waals surface area contributed by atoms with Crippen molar-refractivity contribution in [2.75, 3.05) is 17.3 Å². The number of aromatic nitrogens is 2. The second-order valence-corrected chi connectivity index (χ2v) is 5.54. The highest BCUT2D eigenvalue weighted by molar-refractivity contribution is 6.48. The monoisotopic (exact) mass is 376 g/mol. The van der Waals surface area contributed by atoms with Gasteiger partial charge < -0.3 is 15.0 Å². The number of nitrogens with zero attached hydrogens (tertiary/aromatic N) is 3. The van der Waals surface area contributed by atoms with Gasteiger partial charge in [-0.15, -0.1) is 0 Å². The van der Waals surface area contributed by atoms with Crippen molar-refractivity contribution in [1.29, 1.82) is 5.26 Å². The number of ether oxygens (including phenoxy) is 1. The summed E-state index contributed by atoms with van der Waals surface area (Å²) in [4.78, 5) is 31.1. The minimum absolute atomic E-state index is 0.275. The molecule has 0 saturated heterocycles. The first-order chi connectivity index (χ1) is 13.6. The van der Waals surface area contributed by atoms with E-state index in [-0.39, 0.29) is 12.3 Å². The number of H-pyrrole nitrogens is 1. The Bertz CT molecular complexity index is 1050. The van der Waals surface area contributed by atoms with Crippen LogP contribution in [0.15, 0.2) is 53.6 Å². The number of hydrogen-bond donors (Lipinski definition) is 3. The standard InChI is InChI=1S/C19H16N6O3/c1-2-28-18(27)12-7-9-13(10-8-12)21-17(26)16(11-20)24-25-19-22-14-5-3-4-6-15(14)23-19/h3-10H,2H2,1H3,(H,21,26)(H2,22,23,25). The van der Waals surface area contributed by atoms with E-state index in [2.05, 4.69) is 25.8 Å². The molecule has 3 aromatic rings. The molecule has 0 aliphatic rings. The van der Waals surface area contributed by atoms with Crippen LogP contribution in [0.25, 0.3) is 11.0 Å². The third kappa shape index (κ3) is 4.31. The second kappa shape index (κ2) is 8.46. The van der Waals surface area contributed by atoms with Crippen molar-refractivity contribution in [2.24, 2.45) is 5.10 Å². The van der Waals surface area contributed by atoms with Crippen LogP contribution in [0.5, 0.6) is 0 Å². The van der Waals surface area contributed by atoms with Crippen LogP contribution in [0.1, 0.15) is 17.3 Å². The van der Waals surface area contributed by atoms with Crippen LogP contribution in [-0.2, 0) is 9.53 Å². The maximum Gasteiger partial charge on any atom is 0.338 e. The minimum Gasteiger partial charge on any atom is -0.462 e. The molecule has 1 heterocycles. The molecule has 9 nitrogen and oxygen atoms in total. The number of carbonyl (C=O) groups is 2. The van der Waals surface area contributed by atoms with Gasteiger partial charge >= 0.3 is 5.97 Å². The van der Waals surface area contributed by atoms with E-state index in [0.29, 0.717) is 17.2 Å². The molecule has 0 spiro atoms. The van der Waals surface area contributed by atoms with E-state index in [9.17, 15) is 14.9 Å². The van der Waals surface area contributed by atoms with Crippen molar-refractivity contribution in [1.82, 2.24) is 9.97 Å². The van der Waals surface area contributed by atoms with Gasteiger partial charge in [0.15, 0.2) is 0 Å². The first-order valence-electron chi connectivity index (χ1n) is 8.37. The van der Waals surface area contributed by atoms with Gasteiger partial charge in [-0.3, -0.25) is 4.79 Å². The van der Waals surface area contributed by atoms with Crippen LogP contribution in [0.3, 0.4) is 0 Å². The van der Waals surface area contributed by atoms with Crippen molar-refractivity contribution in [3.05, 3.63) is 54.1 Å². The van der Waals surface area contributed by atoms with Crippen LogP contribution in [0, 0.1) is 11.3 Å². The zero-order chi connectivity index (χ0) is 19.9. The summed E-state index contributed by atoms with van der Waals surface area (Å²) in [6.45, 7) is 1.99. The highest BCUT2D eigenvalue weighted by Gasteiger charge is 2.13. The topological polar surface area (TPSA) is 132 Å². The molecule has 0 fully saturated rings. The molecule has 140 valence electrons. The fraction of sp³-hybridized carbons (Fsp3) is 0.105. The number of amides is 1. The molecule has 0 aliphatic carbocycles. The maximum absolute atomic E-state index is 12.2. The third-order valence-corrected chi connectivity index (χ3v) is 3.64. The Morgan fingerprint density at radius 2 is 1.96 bits per heavy atom. The van der Waals surface area contributed by atoms with Crippen molar-refractivity contribution in [2.45, 2.75) is 6.92 Å².